The topological polar surface area (TPSA) is 127 Å². The van der Waals surface area contributed by atoms with Crippen molar-refractivity contribution in [3.05, 3.63) is 21.9 Å². The van der Waals surface area contributed by atoms with Gasteiger partial charge >= 0.3 is 0 Å². The molecule has 0 aromatic carbocycles. The molecule has 3 amide bonds. The molecule has 7 nitrogen and oxygen atoms in total. The van der Waals surface area contributed by atoms with Gasteiger partial charge in [0.25, 0.3) is 5.91 Å². The summed E-state index contributed by atoms with van der Waals surface area (Å²) in [6, 6.07) is 1.60. The summed E-state index contributed by atoms with van der Waals surface area (Å²) >= 11 is 1.11. The van der Waals surface area contributed by atoms with Crippen LogP contribution in [0.5, 0.6) is 0 Å². The lowest BCUT2D eigenvalue weighted by molar-refractivity contribution is -0.121. The molecule has 0 unspecified atom stereocenters. The summed E-state index contributed by atoms with van der Waals surface area (Å²) in [6.07, 6.45) is 0. The van der Waals surface area contributed by atoms with Gasteiger partial charge in [-0.25, -0.2) is 0 Å². The number of aliphatic hydroxyl groups is 1. The van der Waals surface area contributed by atoms with Gasteiger partial charge < -0.3 is 21.5 Å². The van der Waals surface area contributed by atoms with Gasteiger partial charge in [0.1, 0.15) is 24.6 Å². The van der Waals surface area contributed by atoms with Crippen LogP contribution in [-0.2, 0) is 9.59 Å². The zero-order valence-electron chi connectivity index (χ0n) is 10.5. The smallest absolute Gasteiger partial charge is 0.266 e. The van der Waals surface area contributed by atoms with Crippen molar-refractivity contribution < 1.29 is 19.5 Å². The minimum absolute atomic E-state index is 0.258. The average Bonchev–Trinajstić information content (AvgIpc) is 2.81. The van der Waals surface area contributed by atoms with E-state index in [2.05, 4.69) is 11.8 Å². The van der Waals surface area contributed by atoms with Crippen LogP contribution in [0.4, 0.5) is 0 Å². The molecule has 0 aliphatic heterocycles. The number of aliphatic hydroxyl groups excluding tert-OH is 1. The Bertz CT molecular complexity index is 569. The van der Waals surface area contributed by atoms with Gasteiger partial charge in [-0.3, -0.25) is 14.4 Å². The van der Waals surface area contributed by atoms with Crippen molar-refractivity contribution in [1.29, 1.82) is 0 Å². The summed E-state index contributed by atoms with van der Waals surface area (Å²) in [6.45, 7) is -1.16. The number of primary amides is 2. The molecular formula is C12H13N3O4S. The van der Waals surface area contributed by atoms with E-state index in [1.54, 1.807) is 11.4 Å². The van der Waals surface area contributed by atoms with Crippen molar-refractivity contribution in [2.75, 3.05) is 19.7 Å². The second-order valence-electron chi connectivity index (χ2n) is 3.72. The molecule has 5 N–H and O–H groups in total. The molecule has 1 aromatic heterocycles. The molecule has 106 valence electrons. The SMILES string of the molecule is NC(=O)CN(CC(N)=O)C(=O)c1sccc1C#CCO. The highest BCUT2D eigenvalue weighted by atomic mass is 32.1. The van der Waals surface area contributed by atoms with Crippen molar-refractivity contribution >= 4 is 29.1 Å². The Morgan fingerprint density at radius 3 is 2.35 bits per heavy atom. The molecule has 0 saturated carbocycles. The molecule has 0 saturated heterocycles. The maximum atomic E-state index is 12.3. The molecular weight excluding hydrogens is 282 g/mol. The summed E-state index contributed by atoms with van der Waals surface area (Å²) in [5, 5.41) is 10.3. The van der Waals surface area contributed by atoms with Crippen LogP contribution in [-0.4, -0.2) is 47.4 Å². The second kappa shape index (κ2) is 7.28. The van der Waals surface area contributed by atoms with E-state index in [1.165, 1.54) is 0 Å². The zero-order valence-corrected chi connectivity index (χ0v) is 11.3. The first kappa shape index (κ1) is 15.7. The second-order valence-corrected chi connectivity index (χ2v) is 4.63. The van der Waals surface area contributed by atoms with Gasteiger partial charge in [0.05, 0.1) is 0 Å². The molecule has 1 heterocycles. The van der Waals surface area contributed by atoms with E-state index in [0.29, 0.717) is 5.56 Å². The summed E-state index contributed by atoms with van der Waals surface area (Å²) in [4.78, 5) is 35.3. The van der Waals surface area contributed by atoms with Crippen molar-refractivity contribution in [2.45, 2.75) is 0 Å². The zero-order chi connectivity index (χ0) is 15.1. The highest BCUT2D eigenvalue weighted by Gasteiger charge is 2.22. The van der Waals surface area contributed by atoms with E-state index in [-0.39, 0.29) is 11.5 Å². The molecule has 0 spiro atoms. The van der Waals surface area contributed by atoms with Crippen LogP contribution in [0.1, 0.15) is 15.2 Å². The predicted molar refractivity (Wildman–Crippen MR) is 72.6 cm³/mol. The monoisotopic (exact) mass is 295 g/mol. The molecule has 0 radical (unpaired) electrons. The van der Waals surface area contributed by atoms with Crippen molar-refractivity contribution in [2.24, 2.45) is 11.5 Å². The fourth-order valence-electron chi connectivity index (χ4n) is 1.43. The third kappa shape index (κ3) is 4.38. The van der Waals surface area contributed by atoms with Gasteiger partial charge in [-0.05, 0) is 11.4 Å². The number of amides is 3. The van der Waals surface area contributed by atoms with Gasteiger partial charge in [-0.1, -0.05) is 11.8 Å². The van der Waals surface area contributed by atoms with Gasteiger partial charge in [0.15, 0.2) is 0 Å². The molecule has 0 atom stereocenters. The molecule has 8 heteroatoms. The van der Waals surface area contributed by atoms with Gasteiger partial charge in [-0.2, -0.15) is 0 Å². The third-order valence-corrected chi connectivity index (χ3v) is 3.04. The highest BCUT2D eigenvalue weighted by molar-refractivity contribution is 7.12. The van der Waals surface area contributed by atoms with Crippen LogP contribution in [0.15, 0.2) is 11.4 Å². The van der Waals surface area contributed by atoms with Gasteiger partial charge in [0.2, 0.25) is 11.8 Å². The number of nitrogens with zero attached hydrogens (tertiary/aromatic N) is 1. The van der Waals surface area contributed by atoms with Crippen LogP contribution in [0, 0.1) is 11.8 Å². The highest BCUT2D eigenvalue weighted by Crippen LogP contribution is 2.18. The minimum atomic E-state index is -0.751. The quantitative estimate of drug-likeness (QED) is 0.571. The third-order valence-electron chi connectivity index (χ3n) is 2.14. The first-order valence-corrected chi connectivity index (χ1v) is 6.36. The molecule has 1 rings (SSSR count). The van der Waals surface area contributed by atoms with Crippen molar-refractivity contribution in [3.63, 3.8) is 0 Å². The van der Waals surface area contributed by atoms with E-state index >= 15 is 0 Å². The van der Waals surface area contributed by atoms with Crippen LogP contribution in [0.25, 0.3) is 0 Å². The maximum absolute atomic E-state index is 12.3. The van der Waals surface area contributed by atoms with Crippen LogP contribution in [0.3, 0.4) is 0 Å². The lowest BCUT2D eigenvalue weighted by Crippen LogP contribution is -2.43. The van der Waals surface area contributed by atoms with Crippen molar-refractivity contribution in [3.8, 4) is 11.8 Å². The molecule has 0 aliphatic rings. The Hall–Kier alpha value is -2.37. The Morgan fingerprint density at radius 2 is 1.85 bits per heavy atom. The number of hydrogen-bond acceptors (Lipinski definition) is 5. The average molecular weight is 295 g/mol. The summed E-state index contributed by atoms with van der Waals surface area (Å²) in [7, 11) is 0. The predicted octanol–water partition coefficient (Wildman–Crippen LogP) is -1.50. The van der Waals surface area contributed by atoms with E-state index in [1.807, 2.05) is 0 Å². The number of nitrogens with two attached hydrogens (primary N) is 2. The van der Waals surface area contributed by atoms with Crippen LogP contribution in [0.2, 0.25) is 0 Å². The number of thiophene rings is 1. The Kier molecular flexibility index (Phi) is 5.71. The fraction of sp³-hybridized carbons (Fsp3) is 0.250. The number of carbonyl (C=O) groups excluding carboxylic acids is 3. The number of rotatable bonds is 5. The molecule has 0 bridgehead atoms. The van der Waals surface area contributed by atoms with E-state index < -0.39 is 30.8 Å². The number of carbonyl (C=O) groups is 3. The lowest BCUT2D eigenvalue weighted by Gasteiger charge is -2.18. The van der Waals surface area contributed by atoms with Gasteiger partial charge in [0, 0.05) is 5.56 Å². The fourth-order valence-corrected chi connectivity index (χ4v) is 2.24. The summed E-state index contributed by atoms with van der Waals surface area (Å²) < 4.78 is 0. The van der Waals surface area contributed by atoms with E-state index in [0.717, 1.165) is 16.2 Å². The lowest BCUT2D eigenvalue weighted by atomic mass is 10.2. The normalized spacial score (nSPS) is 9.45. The number of hydrogen-bond donors (Lipinski definition) is 3. The Balaban J connectivity index is 3.02. The van der Waals surface area contributed by atoms with Crippen molar-refractivity contribution in [1.82, 2.24) is 4.90 Å². The first-order valence-electron chi connectivity index (χ1n) is 5.48. The standard InChI is InChI=1S/C12H13N3O4S/c13-9(17)6-15(7-10(14)18)12(19)11-8(2-1-4-16)3-5-20-11/h3,5,16H,4,6-7H2,(H2,13,17)(H2,14,18). The molecule has 0 fully saturated rings. The van der Waals surface area contributed by atoms with E-state index in [9.17, 15) is 14.4 Å². The Labute approximate surface area is 119 Å². The minimum Gasteiger partial charge on any atom is -0.384 e. The summed E-state index contributed by atoms with van der Waals surface area (Å²) in [5.74, 6) is 2.98. The first-order chi connectivity index (χ1) is 9.45. The molecule has 20 heavy (non-hydrogen) atoms. The maximum Gasteiger partial charge on any atom is 0.266 e. The molecule has 1 aromatic rings. The van der Waals surface area contributed by atoms with Crippen LogP contribution < -0.4 is 11.5 Å². The van der Waals surface area contributed by atoms with E-state index in [4.69, 9.17) is 16.6 Å². The summed E-state index contributed by atoms with van der Waals surface area (Å²) in [5.41, 5.74) is 10.5. The largest absolute Gasteiger partial charge is 0.384 e. The van der Waals surface area contributed by atoms with Gasteiger partial charge in [-0.15, -0.1) is 11.3 Å². The Morgan fingerprint density at radius 1 is 1.25 bits per heavy atom. The van der Waals surface area contributed by atoms with Crippen LogP contribution >= 0.6 is 11.3 Å². The molecule has 0 aliphatic carbocycles.